The molecule has 1 unspecified atom stereocenters. The number of rotatable bonds is 6. The van der Waals surface area contributed by atoms with Gasteiger partial charge in [0.05, 0.1) is 0 Å². The summed E-state index contributed by atoms with van der Waals surface area (Å²) >= 11 is 0. The van der Waals surface area contributed by atoms with Crippen molar-refractivity contribution in [3.63, 3.8) is 0 Å². The molecule has 1 atom stereocenters. The molecule has 0 spiro atoms. The molecule has 0 saturated heterocycles. The van der Waals surface area contributed by atoms with E-state index >= 15 is 0 Å². The van der Waals surface area contributed by atoms with Crippen LogP contribution in [0, 0.1) is 19.8 Å². The van der Waals surface area contributed by atoms with Crippen molar-refractivity contribution < 1.29 is 9.59 Å². The van der Waals surface area contributed by atoms with Gasteiger partial charge in [-0.25, -0.2) is 5.43 Å². The molecule has 5 heteroatoms. The second kappa shape index (κ2) is 8.62. The second-order valence-corrected chi connectivity index (χ2v) is 6.50. The summed E-state index contributed by atoms with van der Waals surface area (Å²) < 4.78 is 0. The fourth-order valence-corrected chi connectivity index (χ4v) is 3.07. The Morgan fingerprint density at radius 1 is 1.21 bits per heavy atom. The molecule has 1 aliphatic carbocycles. The van der Waals surface area contributed by atoms with E-state index in [9.17, 15) is 9.59 Å². The molecule has 2 rings (SSSR count). The van der Waals surface area contributed by atoms with Crippen LogP contribution in [-0.4, -0.2) is 17.5 Å². The van der Waals surface area contributed by atoms with Crippen molar-refractivity contribution >= 4 is 23.2 Å². The zero-order valence-electron chi connectivity index (χ0n) is 14.8. The van der Waals surface area contributed by atoms with Crippen molar-refractivity contribution in [2.75, 3.05) is 5.32 Å². The lowest BCUT2D eigenvalue weighted by atomic mass is 10.0. The lowest BCUT2D eigenvalue weighted by Gasteiger charge is -2.09. The van der Waals surface area contributed by atoms with Crippen LogP contribution < -0.4 is 10.7 Å². The molecule has 2 N–H and O–H groups in total. The Balaban J connectivity index is 1.77. The number of hydrogen-bond donors (Lipinski definition) is 2. The van der Waals surface area contributed by atoms with E-state index in [0.29, 0.717) is 5.92 Å². The molecule has 2 amide bonds. The van der Waals surface area contributed by atoms with Gasteiger partial charge in [0.25, 0.3) is 0 Å². The molecular formula is C19H27N3O2. The lowest BCUT2D eigenvalue weighted by Crippen LogP contribution is -2.23. The van der Waals surface area contributed by atoms with E-state index < -0.39 is 0 Å². The summed E-state index contributed by atoms with van der Waals surface area (Å²) in [7, 11) is 0. The number of nitrogens with zero attached hydrogens (tertiary/aromatic N) is 1. The Labute approximate surface area is 143 Å². The van der Waals surface area contributed by atoms with Crippen LogP contribution in [0.3, 0.4) is 0 Å². The molecule has 1 fully saturated rings. The standard InChI is InChI=1S/C19H27N3O2/c1-4-15-6-5-7-17(15)21-22-19(24)11-10-18(23)20-16-9-8-13(2)12-14(16)3/h8-9,12,15H,4-7,10-11H2,1-3H3,(H,20,23)(H,22,24)/b21-17+. The van der Waals surface area contributed by atoms with Crippen LogP contribution in [0.15, 0.2) is 23.3 Å². The van der Waals surface area contributed by atoms with Crippen LogP contribution in [0.25, 0.3) is 0 Å². The Morgan fingerprint density at radius 2 is 1.96 bits per heavy atom. The van der Waals surface area contributed by atoms with Crippen molar-refractivity contribution in [3.8, 4) is 0 Å². The van der Waals surface area contributed by atoms with Gasteiger partial charge >= 0.3 is 0 Å². The van der Waals surface area contributed by atoms with Crippen molar-refractivity contribution in [2.24, 2.45) is 11.0 Å². The topological polar surface area (TPSA) is 70.6 Å². The molecule has 24 heavy (non-hydrogen) atoms. The van der Waals surface area contributed by atoms with Gasteiger partial charge in [0, 0.05) is 24.2 Å². The van der Waals surface area contributed by atoms with Crippen molar-refractivity contribution in [3.05, 3.63) is 29.3 Å². The first-order valence-corrected chi connectivity index (χ1v) is 8.72. The highest BCUT2D eigenvalue weighted by molar-refractivity contribution is 5.94. The normalized spacial score (nSPS) is 18.6. The van der Waals surface area contributed by atoms with Crippen LogP contribution in [0.2, 0.25) is 0 Å². The highest BCUT2D eigenvalue weighted by atomic mass is 16.2. The average molecular weight is 329 g/mol. The third kappa shape index (κ3) is 5.18. The Morgan fingerprint density at radius 3 is 2.67 bits per heavy atom. The molecule has 1 aromatic carbocycles. The van der Waals surface area contributed by atoms with Gasteiger partial charge in [-0.1, -0.05) is 24.6 Å². The molecule has 0 aliphatic heterocycles. The van der Waals surface area contributed by atoms with Gasteiger partial charge < -0.3 is 5.32 Å². The number of hydrazone groups is 1. The SMILES string of the molecule is CCC1CCC/C1=N\NC(=O)CCC(=O)Nc1ccc(C)cc1C. The molecule has 130 valence electrons. The molecule has 0 radical (unpaired) electrons. The highest BCUT2D eigenvalue weighted by Crippen LogP contribution is 2.24. The van der Waals surface area contributed by atoms with E-state index in [2.05, 4.69) is 22.8 Å². The maximum Gasteiger partial charge on any atom is 0.240 e. The zero-order valence-corrected chi connectivity index (χ0v) is 14.8. The number of anilines is 1. The fraction of sp³-hybridized carbons (Fsp3) is 0.526. The lowest BCUT2D eigenvalue weighted by molar-refractivity contribution is -0.124. The first-order valence-electron chi connectivity index (χ1n) is 8.72. The predicted molar refractivity (Wildman–Crippen MR) is 97.0 cm³/mol. The van der Waals surface area contributed by atoms with Gasteiger partial charge in [-0.3, -0.25) is 9.59 Å². The summed E-state index contributed by atoms with van der Waals surface area (Å²) in [5, 5.41) is 7.10. The highest BCUT2D eigenvalue weighted by Gasteiger charge is 2.21. The van der Waals surface area contributed by atoms with Crippen LogP contribution in [-0.2, 0) is 9.59 Å². The second-order valence-electron chi connectivity index (χ2n) is 6.50. The van der Waals surface area contributed by atoms with E-state index in [-0.39, 0.29) is 24.7 Å². The molecular weight excluding hydrogens is 302 g/mol. The van der Waals surface area contributed by atoms with Crippen LogP contribution in [0.4, 0.5) is 5.69 Å². The first-order chi connectivity index (χ1) is 11.5. The molecule has 0 bridgehead atoms. The minimum absolute atomic E-state index is 0.143. The van der Waals surface area contributed by atoms with E-state index in [4.69, 9.17) is 0 Å². The number of hydrogen-bond acceptors (Lipinski definition) is 3. The fourth-order valence-electron chi connectivity index (χ4n) is 3.07. The summed E-state index contributed by atoms with van der Waals surface area (Å²) in [5.74, 6) is 0.134. The third-order valence-electron chi connectivity index (χ3n) is 4.51. The zero-order chi connectivity index (χ0) is 17.5. The van der Waals surface area contributed by atoms with Crippen molar-refractivity contribution in [1.29, 1.82) is 0 Å². The van der Waals surface area contributed by atoms with Crippen LogP contribution in [0.5, 0.6) is 0 Å². The summed E-state index contributed by atoms with van der Waals surface area (Å²) in [6.07, 6.45) is 4.62. The number of amides is 2. The maximum atomic E-state index is 12.0. The van der Waals surface area contributed by atoms with Gasteiger partial charge in [-0.2, -0.15) is 5.10 Å². The minimum atomic E-state index is -0.208. The van der Waals surface area contributed by atoms with E-state index in [1.165, 1.54) is 0 Å². The smallest absolute Gasteiger partial charge is 0.240 e. The van der Waals surface area contributed by atoms with Crippen LogP contribution >= 0.6 is 0 Å². The monoisotopic (exact) mass is 329 g/mol. The molecule has 1 aliphatic rings. The minimum Gasteiger partial charge on any atom is -0.326 e. The number of aryl methyl sites for hydroxylation is 2. The van der Waals surface area contributed by atoms with Crippen molar-refractivity contribution in [1.82, 2.24) is 5.43 Å². The van der Waals surface area contributed by atoms with Gasteiger partial charge in [-0.15, -0.1) is 0 Å². The Kier molecular flexibility index (Phi) is 6.53. The number of benzene rings is 1. The Bertz CT molecular complexity index is 637. The number of carbonyl (C=O) groups excluding carboxylic acids is 2. The third-order valence-corrected chi connectivity index (χ3v) is 4.51. The number of nitrogens with one attached hydrogen (secondary N) is 2. The van der Waals surface area contributed by atoms with E-state index in [1.54, 1.807) is 0 Å². The quantitative estimate of drug-likeness (QED) is 0.781. The molecule has 1 aromatic rings. The maximum absolute atomic E-state index is 12.0. The molecule has 0 heterocycles. The van der Waals surface area contributed by atoms with Crippen LogP contribution in [0.1, 0.15) is 56.6 Å². The van der Waals surface area contributed by atoms with Gasteiger partial charge in [0.1, 0.15) is 0 Å². The largest absolute Gasteiger partial charge is 0.326 e. The molecule has 5 nitrogen and oxygen atoms in total. The van der Waals surface area contributed by atoms with E-state index in [1.807, 2.05) is 32.0 Å². The summed E-state index contributed by atoms with van der Waals surface area (Å²) in [6, 6.07) is 5.86. The van der Waals surface area contributed by atoms with E-state index in [0.717, 1.165) is 48.2 Å². The van der Waals surface area contributed by atoms with Gasteiger partial charge in [0.15, 0.2) is 0 Å². The number of carbonyl (C=O) groups is 2. The summed E-state index contributed by atoms with van der Waals surface area (Å²) in [6.45, 7) is 6.11. The first kappa shape index (κ1) is 18.2. The Hall–Kier alpha value is -2.17. The molecule has 0 aromatic heterocycles. The van der Waals surface area contributed by atoms with Gasteiger partial charge in [0.2, 0.25) is 11.8 Å². The molecule has 1 saturated carbocycles. The summed E-state index contributed by atoms with van der Waals surface area (Å²) in [4.78, 5) is 23.9. The predicted octanol–water partition coefficient (Wildman–Crippen LogP) is 3.70. The van der Waals surface area contributed by atoms with Gasteiger partial charge in [-0.05, 0) is 57.1 Å². The average Bonchev–Trinajstić information content (AvgIpc) is 3.01. The van der Waals surface area contributed by atoms with Crippen molar-refractivity contribution in [2.45, 2.75) is 59.3 Å². The summed E-state index contributed by atoms with van der Waals surface area (Å²) in [5.41, 5.74) is 6.65.